The lowest BCUT2D eigenvalue weighted by molar-refractivity contribution is 0.0600. The fourth-order valence-electron chi connectivity index (χ4n) is 2.97. The van der Waals surface area contributed by atoms with Crippen LogP contribution in [0.5, 0.6) is 0 Å². The number of carbonyl (C=O) groups excluding carboxylic acids is 3. The molecular formula is C23H19NO4. The molecule has 0 fully saturated rings. The number of benzene rings is 2. The summed E-state index contributed by atoms with van der Waals surface area (Å²) in [5.41, 5.74) is 1.76. The van der Waals surface area contributed by atoms with Gasteiger partial charge in [0.25, 0.3) is 0 Å². The van der Waals surface area contributed by atoms with Gasteiger partial charge in [-0.15, -0.1) is 0 Å². The molecule has 1 atom stereocenters. The molecule has 0 saturated carbocycles. The van der Waals surface area contributed by atoms with E-state index in [0.717, 1.165) is 0 Å². The number of rotatable bonds is 7. The van der Waals surface area contributed by atoms with E-state index in [4.69, 9.17) is 4.74 Å². The Hall–Kier alpha value is -3.60. The first-order valence-corrected chi connectivity index (χ1v) is 8.82. The smallest absolute Gasteiger partial charge is 0.337 e. The van der Waals surface area contributed by atoms with Crippen molar-refractivity contribution >= 4 is 17.5 Å². The maximum absolute atomic E-state index is 13.1. The quantitative estimate of drug-likeness (QED) is 0.358. The maximum Gasteiger partial charge on any atom is 0.337 e. The zero-order valence-electron chi connectivity index (χ0n) is 15.4. The number of Topliss-reactive ketones (excluding diaryl/α,β-unsaturated/α-hetero) is 2. The minimum Gasteiger partial charge on any atom is -0.465 e. The number of pyridine rings is 1. The van der Waals surface area contributed by atoms with Crippen molar-refractivity contribution in [2.75, 3.05) is 7.11 Å². The van der Waals surface area contributed by atoms with Gasteiger partial charge in [0.1, 0.15) is 5.69 Å². The number of methoxy groups -OCH3 is 1. The van der Waals surface area contributed by atoms with E-state index in [9.17, 15) is 14.4 Å². The second-order valence-electron chi connectivity index (χ2n) is 6.26. The van der Waals surface area contributed by atoms with Gasteiger partial charge in [-0.3, -0.25) is 14.6 Å². The molecule has 0 radical (unpaired) electrons. The van der Waals surface area contributed by atoms with Crippen LogP contribution in [0, 0.1) is 5.92 Å². The van der Waals surface area contributed by atoms with Gasteiger partial charge in [-0.2, -0.15) is 0 Å². The molecule has 2 aromatic carbocycles. The zero-order chi connectivity index (χ0) is 19.9. The number of ether oxygens (including phenoxy) is 1. The zero-order valence-corrected chi connectivity index (χ0v) is 15.4. The van der Waals surface area contributed by atoms with E-state index < -0.39 is 11.9 Å². The van der Waals surface area contributed by atoms with Gasteiger partial charge in [-0.1, -0.05) is 48.5 Å². The Morgan fingerprint density at radius 2 is 1.57 bits per heavy atom. The average Bonchev–Trinajstić information content (AvgIpc) is 2.77. The van der Waals surface area contributed by atoms with Gasteiger partial charge in [-0.05, 0) is 36.2 Å². The molecule has 0 spiro atoms. The summed E-state index contributed by atoms with van der Waals surface area (Å²) in [6.07, 6.45) is 1.68. The first-order chi connectivity index (χ1) is 13.6. The molecule has 1 aromatic heterocycles. The second-order valence-corrected chi connectivity index (χ2v) is 6.26. The highest BCUT2D eigenvalue weighted by atomic mass is 16.5. The summed E-state index contributed by atoms with van der Waals surface area (Å²) < 4.78 is 4.75. The lowest BCUT2D eigenvalue weighted by atomic mass is 9.86. The van der Waals surface area contributed by atoms with E-state index in [1.165, 1.54) is 13.3 Å². The molecule has 5 heteroatoms. The Morgan fingerprint density at radius 1 is 0.857 bits per heavy atom. The van der Waals surface area contributed by atoms with Gasteiger partial charge in [-0.25, -0.2) is 4.79 Å². The van der Waals surface area contributed by atoms with Crippen LogP contribution in [-0.2, 0) is 11.2 Å². The van der Waals surface area contributed by atoms with Crippen molar-refractivity contribution in [1.29, 1.82) is 0 Å². The minimum atomic E-state index is -0.940. The summed E-state index contributed by atoms with van der Waals surface area (Å²) >= 11 is 0. The summed E-state index contributed by atoms with van der Waals surface area (Å²) in [5, 5.41) is 0. The molecule has 140 valence electrons. The lowest BCUT2D eigenvalue weighted by Crippen LogP contribution is -2.27. The number of esters is 1. The third-order valence-electron chi connectivity index (χ3n) is 4.40. The number of aromatic nitrogens is 1. The molecule has 0 aliphatic carbocycles. The number of ketones is 2. The first kappa shape index (κ1) is 19.2. The summed E-state index contributed by atoms with van der Waals surface area (Å²) in [6.45, 7) is 0. The van der Waals surface area contributed by atoms with Crippen LogP contribution < -0.4 is 0 Å². The SMILES string of the molecule is COC(=O)c1cccc(CC(C(=O)c2ccccc2)C(=O)c2ccccn2)c1. The van der Waals surface area contributed by atoms with E-state index in [2.05, 4.69) is 4.98 Å². The average molecular weight is 373 g/mol. The highest BCUT2D eigenvalue weighted by molar-refractivity contribution is 6.15. The Kier molecular flexibility index (Phi) is 6.07. The topological polar surface area (TPSA) is 73.3 Å². The third kappa shape index (κ3) is 4.38. The van der Waals surface area contributed by atoms with Crippen molar-refractivity contribution in [3.05, 3.63) is 101 Å². The van der Waals surface area contributed by atoms with E-state index in [1.54, 1.807) is 66.7 Å². The summed E-state index contributed by atoms with van der Waals surface area (Å²) in [4.78, 5) is 42.1. The van der Waals surface area contributed by atoms with Crippen LogP contribution in [0.15, 0.2) is 79.0 Å². The Morgan fingerprint density at radius 3 is 2.25 bits per heavy atom. The minimum absolute atomic E-state index is 0.161. The number of carbonyl (C=O) groups is 3. The Balaban J connectivity index is 1.96. The van der Waals surface area contributed by atoms with Crippen molar-refractivity contribution in [3.63, 3.8) is 0 Å². The van der Waals surface area contributed by atoms with Gasteiger partial charge in [0.05, 0.1) is 18.6 Å². The molecule has 1 unspecified atom stereocenters. The Bertz CT molecular complexity index is 932. The molecular weight excluding hydrogens is 354 g/mol. The Labute approximate surface area is 163 Å². The van der Waals surface area contributed by atoms with Crippen molar-refractivity contribution in [3.8, 4) is 0 Å². The van der Waals surface area contributed by atoms with Crippen molar-refractivity contribution in [2.45, 2.75) is 6.42 Å². The van der Waals surface area contributed by atoms with Gasteiger partial charge in [0.15, 0.2) is 11.6 Å². The number of hydrogen-bond donors (Lipinski definition) is 0. The monoisotopic (exact) mass is 373 g/mol. The molecule has 0 aliphatic rings. The van der Waals surface area contributed by atoms with E-state index >= 15 is 0 Å². The highest BCUT2D eigenvalue weighted by Crippen LogP contribution is 2.20. The predicted molar refractivity (Wildman–Crippen MR) is 104 cm³/mol. The van der Waals surface area contributed by atoms with Crippen LogP contribution in [0.1, 0.15) is 36.8 Å². The molecule has 28 heavy (non-hydrogen) atoms. The summed E-state index contributed by atoms with van der Waals surface area (Å²) in [5.74, 6) is -2.04. The number of nitrogens with zero attached hydrogens (tertiary/aromatic N) is 1. The van der Waals surface area contributed by atoms with E-state index in [1.807, 2.05) is 6.07 Å². The van der Waals surface area contributed by atoms with Crippen LogP contribution in [0.2, 0.25) is 0 Å². The fraction of sp³-hybridized carbons (Fsp3) is 0.130. The highest BCUT2D eigenvalue weighted by Gasteiger charge is 2.29. The van der Waals surface area contributed by atoms with Crippen LogP contribution >= 0.6 is 0 Å². The van der Waals surface area contributed by atoms with Crippen molar-refractivity contribution < 1.29 is 19.1 Å². The lowest BCUT2D eigenvalue weighted by Gasteiger charge is -2.15. The fourth-order valence-corrected chi connectivity index (χ4v) is 2.97. The molecule has 0 aliphatic heterocycles. The van der Waals surface area contributed by atoms with Crippen LogP contribution in [0.3, 0.4) is 0 Å². The summed E-state index contributed by atoms with van der Waals surface area (Å²) in [7, 11) is 1.31. The molecule has 0 bridgehead atoms. The molecule has 3 aromatic rings. The third-order valence-corrected chi connectivity index (χ3v) is 4.40. The molecule has 5 nitrogen and oxygen atoms in total. The van der Waals surface area contributed by atoms with Crippen LogP contribution in [0.4, 0.5) is 0 Å². The summed E-state index contributed by atoms with van der Waals surface area (Å²) in [6, 6.07) is 20.5. The second kappa shape index (κ2) is 8.86. The van der Waals surface area contributed by atoms with Gasteiger partial charge in [0, 0.05) is 11.8 Å². The van der Waals surface area contributed by atoms with E-state index in [0.29, 0.717) is 16.7 Å². The largest absolute Gasteiger partial charge is 0.465 e. The van der Waals surface area contributed by atoms with Crippen LogP contribution in [0.25, 0.3) is 0 Å². The van der Waals surface area contributed by atoms with E-state index in [-0.39, 0.29) is 23.7 Å². The molecule has 0 saturated heterocycles. The molecule has 0 N–H and O–H groups in total. The standard InChI is InChI=1S/C23H19NO4/c1-28-23(27)18-11-7-8-16(14-18)15-19(21(25)17-9-3-2-4-10-17)22(26)20-12-5-6-13-24-20/h2-14,19H,15H2,1H3. The maximum atomic E-state index is 13.1. The first-order valence-electron chi connectivity index (χ1n) is 8.82. The predicted octanol–water partition coefficient (Wildman–Crippen LogP) is 3.79. The van der Waals surface area contributed by atoms with Crippen LogP contribution in [-0.4, -0.2) is 29.6 Å². The van der Waals surface area contributed by atoms with Crippen molar-refractivity contribution in [1.82, 2.24) is 4.98 Å². The number of hydrogen-bond acceptors (Lipinski definition) is 5. The normalized spacial score (nSPS) is 11.5. The van der Waals surface area contributed by atoms with Crippen molar-refractivity contribution in [2.24, 2.45) is 5.92 Å². The molecule has 1 heterocycles. The van der Waals surface area contributed by atoms with Gasteiger partial charge >= 0.3 is 5.97 Å². The van der Waals surface area contributed by atoms with Gasteiger partial charge < -0.3 is 4.74 Å². The molecule has 0 amide bonds. The van der Waals surface area contributed by atoms with Gasteiger partial charge in [0.2, 0.25) is 0 Å². The molecule has 3 rings (SSSR count).